The second kappa shape index (κ2) is 7.16. The van der Waals surface area contributed by atoms with Gasteiger partial charge in [-0.1, -0.05) is 11.6 Å². The summed E-state index contributed by atoms with van der Waals surface area (Å²) in [6, 6.07) is 1.95. The smallest absolute Gasteiger partial charge is 0.261 e. The van der Waals surface area contributed by atoms with Gasteiger partial charge in [-0.2, -0.15) is 0 Å². The van der Waals surface area contributed by atoms with Gasteiger partial charge in [-0.25, -0.2) is 0 Å². The van der Waals surface area contributed by atoms with Crippen molar-refractivity contribution in [3.8, 4) is 0 Å². The van der Waals surface area contributed by atoms with Gasteiger partial charge in [0.15, 0.2) is 0 Å². The molecule has 0 bridgehead atoms. The van der Waals surface area contributed by atoms with Gasteiger partial charge in [0.25, 0.3) is 11.5 Å². The fourth-order valence-electron chi connectivity index (χ4n) is 5.75. The average Bonchev–Trinajstić information content (AvgIpc) is 3.20. The van der Waals surface area contributed by atoms with Crippen LogP contribution >= 0.6 is 0 Å². The number of ether oxygens (including phenoxy) is 2. The molecule has 0 spiro atoms. The summed E-state index contributed by atoms with van der Waals surface area (Å²) in [7, 11) is 0. The van der Waals surface area contributed by atoms with Crippen molar-refractivity contribution in [3.63, 3.8) is 0 Å². The van der Waals surface area contributed by atoms with Crippen LogP contribution in [-0.2, 0) is 22.3 Å². The number of carbonyl (C=O) groups is 1. The zero-order chi connectivity index (χ0) is 19.1. The number of aromatic nitrogens is 1. The van der Waals surface area contributed by atoms with Gasteiger partial charge < -0.3 is 19.4 Å². The van der Waals surface area contributed by atoms with Crippen molar-refractivity contribution >= 4 is 5.91 Å². The number of likely N-dealkylation sites (tertiary alicyclic amines) is 1. The summed E-state index contributed by atoms with van der Waals surface area (Å²) in [4.78, 5) is 31.1. The molecule has 2 fully saturated rings. The molecule has 1 N–H and O–H groups in total. The Bertz CT molecular complexity index is 870. The molecule has 1 amide bonds. The summed E-state index contributed by atoms with van der Waals surface area (Å²) in [5, 5.41) is 0. The number of carbonyl (C=O) groups excluding carboxylic acids is 1. The zero-order valence-electron chi connectivity index (χ0n) is 16.3. The van der Waals surface area contributed by atoms with Crippen molar-refractivity contribution in [2.75, 3.05) is 33.0 Å². The predicted molar refractivity (Wildman–Crippen MR) is 105 cm³/mol. The maximum Gasteiger partial charge on any atom is 0.261 e. The highest BCUT2D eigenvalue weighted by atomic mass is 16.5. The number of nitrogens with zero attached hydrogens (tertiary/aromatic N) is 1. The molecule has 0 saturated carbocycles. The van der Waals surface area contributed by atoms with Gasteiger partial charge in [-0.05, 0) is 56.6 Å². The van der Waals surface area contributed by atoms with Crippen LogP contribution in [0.3, 0.4) is 0 Å². The lowest BCUT2D eigenvalue weighted by Crippen LogP contribution is -2.60. The van der Waals surface area contributed by atoms with Gasteiger partial charge in [0.05, 0.1) is 19.8 Å². The van der Waals surface area contributed by atoms with Crippen molar-refractivity contribution in [2.45, 2.75) is 51.0 Å². The van der Waals surface area contributed by atoms with Crippen LogP contribution in [0.4, 0.5) is 0 Å². The van der Waals surface area contributed by atoms with E-state index in [1.807, 2.05) is 11.0 Å². The lowest BCUT2D eigenvalue weighted by Gasteiger charge is -2.54. The molecule has 5 rings (SSSR count). The molecule has 3 aliphatic heterocycles. The van der Waals surface area contributed by atoms with E-state index >= 15 is 0 Å². The van der Waals surface area contributed by atoms with Gasteiger partial charge in [0, 0.05) is 30.3 Å². The molecule has 2 atom stereocenters. The summed E-state index contributed by atoms with van der Waals surface area (Å²) < 4.78 is 11.5. The summed E-state index contributed by atoms with van der Waals surface area (Å²) in [5.41, 5.74) is 3.46. The van der Waals surface area contributed by atoms with Crippen molar-refractivity contribution in [1.82, 2.24) is 9.88 Å². The molecule has 1 aromatic heterocycles. The van der Waals surface area contributed by atoms with Gasteiger partial charge in [-0.15, -0.1) is 0 Å². The third-order valence-corrected chi connectivity index (χ3v) is 7.11. The summed E-state index contributed by atoms with van der Waals surface area (Å²) in [6.45, 7) is 3.42. The van der Waals surface area contributed by atoms with Gasteiger partial charge in [0.1, 0.15) is 5.56 Å². The Labute approximate surface area is 164 Å². The first-order valence-corrected chi connectivity index (χ1v) is 10.6. The Morgan fingerprint density at radius 1 is 1.18 bits per heavy atom. The topological polar surface area (TPSA) is 71.6 Å². The molecule has 28 heavy (non-hydrogen) atoms. The fraction of sp³-hybridized carbons (Fsp3) is 0.636. The van der Waals surface area contributed by atoms with E-state index in [0.717, 1.165) is 62.8 Å². The molecule has 0 aromatic carbocycles. The van der Waals surface area contributed by atoms with E-state index in [1.165, 1.54) is 5.57 Å². The third kappa shape index (κ3) is 2.85. The summed E-state index contributed by atoms with van der Waals surface area (Å²) in [6.07, 6.45) is 8.80. The first-order valence-electron chi connectivity index (χ1n) is 10.6. The second-order valence-corrected chi connectivity index (χ2v) is 8.54. The molecule has 6 nitrogen and oxygen atoms in total. The number of pyridine rings is 1. The largest absolute Gasteiger partial charge is 0.380 e. The fourth-order valence-corrected chi connectivity index (χ4v) is 5.75. The van der Waals surface area contributed by atoms with Crippen LogP contribution in [-0.4, -0.2) is 54.8 Å². The van der Waals surface area contributed by atoms with Crippen LogP contribution in [0.1, 0.15) is 53.7 Å². The zero-order valence-corrected chi connectivity index (χ0v) is 16.3. The van der Waals surface area contributed by atoms with Crippen LogP contribution in [0.25, 0.3) is 0 Å². The van der Waals surface area contributed by atoms with Crippen LogP contribution in [0.5, 0.6) is 0 Å². The van der Waals surface area contributed by atoms with Crippen LogP contribution < -0.4 is 5.56 Å². The normalized spacial score (nSPS) is 29.8. The molecule has 2 saturated heterocycles. The SMILES string of the molecule is O=C(c1cc2c([nH]c1=O)CCC2)N1CCC[C@@]2(C3=CCOCC3)COCC[C@H]12. The van der Waals surface area contributed by atoms with E-state index in [9.17, 15) is 9.59 Å². The first kappa shape index (κ1) is 18.1. The Morgan fingerprint density at radius 2 is 2.11 bits per heavy atom. The van der Waals surface area contributed by atoms with E-state index in [-0.39, 0.29) is 22.9 Å². The molecule has 1 aromatic rings. The number of amides is 1. The standard InChI is InChI=1S/C22H28N2O4/c25-20-17(13-15-3-1-4-18(15)23-20)21(26)24-9-2-8-22(14-28-12-7-19(22)24)16-5-10-27-11-6-16/h5,13,19H,1-4,6-12,14H2,(H,23,25)/t19-,22-/m0/s1. The highest BCUT2D eigenvalue weighted by Gasteiger charge is 2.50. The Kier molecular flexibility index (Phi) is 4.63. The number of hydrogen-bond donors (Lipinski definition) is 1. The third-order valence-electron chi connectivity index (χ3n) is 7.11. The number of H-pyrrole nitrogens is 1. The van der Waals surface area contributed by atoms with Gasteiger partial charge in [-0.3, -0.25) is 9.59 Å². The quantitative estimate of drug-likeness (QED) is 0.794. The minimum Gasteiger partial charge on any atom is -0.380 e. The van der Waals surface area contributed by atoms with Crippen molar-refractivity contribution in [1.29, 1.82) is 0 Å². The van der Waals surface area contributed by atoms with Crippen molar-refractivity contribution in [3.05, 3.63) is 44.9 Å². The first-order chi connectivity index (χ1) is 13.7. The number of fused-ring (bicyclic) bond motifs is 2. The van der Waals surface area contributed by atoms with Gasteiger partial charge >= 0.3 is 0 Å². The maximum absolute atomic E-state index is 13.5. The summed E-state index contributed by atoms with van der Waals surface area (Å²) in [5.74, 6) is -0.111. The molecular weight excluding hydrogens is 356 g/mol. The van der Waals surface area contributed by atoms with E-state index < -0.39 is 0 Å². The van der Waals surface area contributed by atoms with Crippen LogP contribution in [0.2, 0.25) is 0 Å². The number of nitrogens with one attached hydrogen (secondary N) is 1. The lowest BCUT2D eigenvalue weighted by atomic mass is 9.65. The Morgan fingerprint density at radius 3 is 2.96 bits per heavy atom. The van der Waals surface area contributed by atoms with E-state index in [4.69, 9.17) is 9.47 Å². The van der Waals surface area contributed by atoms with E-state index in [1.54, 1.807) is 0 Å². The predicted octanol–water partition coefficient (Wildman–Crippen LogP) is 2.22. The lowest BCUT2D eigenvalue weighted by molar-refractivity contribution is -0.0739. The van der Waals surface area contributed by atoms with Crippen LogP contribution in [0, 0.1) is 5.41 Å². The maximum atomic E-state index is 13.5. The van der Waals surface area contributed by atoms with Gasteiger partial charge in [0.2, 0.25) is 0 Å². The van der Waals surface area contributed by atoms with Crippen molar-refractivity contribution in [2.24, 2.45) is 5.41 Å². The molecular formula is C22H28N2O4. The van der Waals surface area contributed by atoms with E-state index in [2.05, 4.69) is 11.1 Å². The number of piperidine rings is 1. The van der Waals surface area contributed by atoms with Crippen molar-refractivity contribution < 1.29 is 14.3 Å². The molecule has 0 unspecified atom stereocenters. The second-order valence-electron chi connectivity index (χ2n) is 8.54. The van der Waals surface area contributed by atoms with Crippen LogP contribution in [0.15, 0.2) is 22.5 Å². The number of rotatable bonds is 2. The molecule has 4 aliphatic rings. The number of aromatic amines is 1. The monoisotopic (exact) mass is 384 g/mol. The highest BCUT2D eigenvalue weighted by molar-refractivity contribution is 5.94. The number of hydrogen-bond acceptors (Lipinski definition) is 4. The minimum absolute atomic E-state index is 0.0968. The molecule has 4 heterocycles. The summed E-state index contributed by atoms with van der Waals surface area (Å²) >= 11 is 0. The minimum atomic E-state index is -0.237. The highest BCUT2D eigenvalue weighted by Crippen LogP contribution is 2.48. The average molecular weight is 384 g/mol. The Hall–Kier alpha value is -1.92. The molecule has 0 radical (unpaired) electrons. The van der Waals surface area contributed by atoms with E-state index in [0.29, 0.717) is 31.9 Å². The molecule has 6 heteroatoms. The Balaban J connectivity index is 1.50. The molecule has 150 valence electrons. The molecule has 1 aliphatic carbocycles. The number of aryl methyl sites for hydroxylation is 2.